The number of nitrogens with two attached hydrogens (primary N) is 1. The van der Waals surface area contributed by atoms with Crippen molar-refractivity contribution in [2.24, 2.45) is 5.73 Å². The first-order valence-corrected chi connectivity index (χ1v) is 8.09. The molecule has 0 saturated carbocycles. The van der Waals surface area contributed by atoms with Crippen LogP contribution in [0.3, 0.4) is 0 Å². The molecule has 1 fully saturated rings. The van der Waals surface area contributed by atoms with Gasteiger partial charge in [-0.3, -0.25) is 4.79 Å². The highest BCUT2D eigenvalue weighted by Gasteiger charge is 2.30. The third kappa shape index (κ3) is 3.46. The predicted molar refractivity (Wildman–Crippen MR) is 82.0 cm³/mol. The molecule has 5 nitrogen and oxygen atoms in total. The van der Waals surface area contributed by atoms with E-state index in [0.717, 1.165) is 55.7 Å². The van der Waals surface area contributed by atoms with Crippen molar-refractivity contribution in [2.45, 2.75) is 71.4 Å². The van der Waals surface area contributed by atoms with Gasteiger partial charge >= 0.3 is 0 Å². The third-order valence-electron chi connectivity index (χ3n) is 4.41. The molecule has 5 heteroatoms. The fourth-order valence-corrected chi connectivity index (χ4v) is 3.20. The first-order chi connectivity index (χ1) is 10.1. The lowest BCUT2D eigenvalue weighted by Crippen LogP contribution is -2.52. The Morgan fingerprint density at radius 3 is 2.81 bits per heavy atom. The minimum Gasteiger partial charge on any atom is -0.361 e. The summed E-state index contributed by atoms with van der Waals surface area (Å²) in [5.74, 6) is 0.999. The lowest BCUT2D eigenvalue weighted by molar-refractivity contribution is -0.134. The van der Waals surface area contributed by atoms with Gasteiger partial charge in [0, 0.05) is 30.6 Å². The second-order valence-electron chi connectivity index (χ2n) is 5.92. The highest BCUT2D eigenvalue weighted by Crippen LogP contribution is 2.22. The number of aryl methyl sites for hydroxylation is 2. The van der Waals surface area contributed by atoms with Crippen molar-refractivity contribution in [1.82, 2.24) is 10.1 Å². The van der Waals surface area contributed by atoms with E-state index in [9.17, 15) is 4.79 Å². The van der Waals surface area contributed by atoms with Gasteiger partial charge in [-0.1, -0.05) is 19.0 Å². The number of hydrogen-bond acceptors (Lipinski definition) is 4. The molecule has 2 N–H and O–H groups in total. The van der Waals surface area contributed by atoms with Gasteiger partial charge in [0.2, 0.25) is 5.91 Å². The standard InChI is InChI=1S/C16H27N3O2/c1-4-13-12(15(5-2)21-18-13)10-16(20)19-9-7-6-8-14(19)11(3)17/h11,14H,4-10,17H2,1-3H3. The Balaban J connectivity index is 2.15. The number of aromatic nitrogens is 1. The topological polar surface area (TPSA) is 72.4 Å². The number of carbonyl (C=O) groups is 1. The van der Waals surface area contributed by atoms with Crippen LogP contribution in [-0.4, -0.2) is 34.6 Å². The van der Waals surface area contributed by atoms with E-state index in [1.54, 1.807) is 0 Å². The van der Waals surface area contributed by atoms with Crippen LogP contribution in [0.25, 0.3) is 0 Å². The van der Waals surface area contributed by atoms with Crippen LogP contribution < -0.4 is 5.73 Å². The van der Waals surface area contributed by atoms with Gasteiger partial charge in [-0.05, 0) is 32.6 Å². The summed E-state index contributed by atoms with van der Waals surface area (Å²) >= 11 is 0. The van der Waals surface area contributed by atoms with Crippen molar-refractivity contribution < 1.29 is 9.32 Å². The van der Waals surface area contributed by atoms with E-state index < -0.39 is 0 Å². The summed E-state index contributed by atoms with van der Waals surface area (Å²) < 4.78 is 5.35. The highest BCUT2D eigenvalue weighted by atomic mass is 16.5. The molecule has 1 aromatic heterocycles. The minimum atomic E-state index is 0.0213. The number of piperidine rings is 1. The van der Waals surface area contributed by atoms with Crippen LogP contribution in [0.15, 0.2) is 4.52 Å². The molecular weight excluding hydrogens is 266 g/mol. The lowest BCUT2D eigenvalue weighted by Gasteiger charge is -2.38. The molecule has 2 unspecified atom stereocenters. The molecule has 0 bridgehead atoms. The van der Waals surface area contributed by atoms with Crippen molar-refractivity contribution in [2.75, 3.05) is 6.54 Å². The predicted octanol–water partition coefficient (Wildman–Crippen LogP) is 2.07. The first kappa shape index (κ1) is 16.0. The molecule has 118 valence electrons. The smallest absolute Gasteiger partial charge is 0.227 e. The molecule has 2 heterocycles. The zero-order chi connectivity index (χ0) is 15.4. The zero-order valence-corrected chi connectivity index (χ0v) is 13.4. The summed E-state index contributed by atoms with van der Waals surface area (Å²) in [5, 5.41) is 4.09. The van der Waals surface area contributed by atoms with Crippen LogP contribution in [0.1, 0.15) is 57.1 Å². The SMILES string of the molecule is CCc1noc(CC)c1CC(=O)N1CCCCC1C(C)N. The first-order valence-electron chi connectivity index (χ1n) is 8.09. The molecule has 1 aliphatic heterocycles. The average Bonchev–Trinajstić information content (AvgIpc) is 2.88. The summed E-state index contributed by atoms with van der Waals surface area (Å²) in [6, 6.07) is 0.189. The molecule has 2 rings (SSSR count). The number of nitrogens with zero attached hydrogens (tertiary/aromatic N) is 2. The molecule has 2 atom stereocenters. The summed E-state index contributed by atoms with van der Waals surface area (Å²) in [4.78, 5) is 14.7. The molecule has 1 aromatic rings. The van der Waals surface area contributed by atoms with Crippen LogP contribution in [0.4, 0.5) is 0 Å². The molecule has 21 heavy (non-hydrogen) atoms. The second kappa shape index (κ2) is 7.07. The Kier molecular flexibility index (Phi) is 5.39. The average molecular weight is 293 g/mol. The monoisotopic (exact) mass is 293 g/mol. The summed E-state index contributed by atoms with van der Waals surface area (Å²) in [7, 11) is 0. The van der Waals surface area contributed by atoms with Gasteiger partial charge < -0.3 is 15.2 Å². The van der Waals surface area contributed by atoms with Crippen LogP contribution >= 0.6 is 0 Å². The third-order valence-corrected chi connectivity index (χ3v) is 4.41. The Labute approximate surface area is 126 Å². The van der Waals surface area contributed by atoms with Crippen LogP contribution in [0, 0.1) is 0 Å². The molecule has 0 spiro atoms. The molecule has 0 aromatic carbocycles. The quantitative estimate of drug-likeness (QED) is 0.902. The van der Waals surface area contributed by atoms with Crippen molar-refractivity contribution in [3.8, 4) is 0 Å². The van der Waals surface area contributed by atoms with E-state index in [1.807, 2.05) is 25.7 Å². The van der Waals surface area contributed by atoms with Crippen LogP contribution in [-0.2, 0) is 24.1 Å². The zero-order valence-electron chi connectivity index (χ0n) is 13.4. The normalized spacial score (nSPS) is 20.6. The van der Waals surface area contributed by atoms with Crippen molar-refractivity contribution in [1.29, 1.82) is 0 Å². The van der Waals surface area contributed by atoms with E-state index in [1.165, 1.54) is 0 Å². The Bertz CT molecular complexity index is 460. The van der Waals surface area contributed by atoms with Crippen molar-refractivity contribution in [3.05, 3.63) is 17.0 Å². The number of rotatable bonds is 5. The number of hydrogen-bond donors (Lipinski definition) is 1. The summed E-state index contributed by atoms with van der Waals surface area (Å²) in [5.41, 5.74) is 7.95. The molecular formula is C16H27N3O2. The fourth-order valence-electron chi connectivity index (χ4n) is 3.20. The van der Waals surface area contributed by atoms with Gasteiger partial charge in [-0.15, -0.1) is 0 Å². The minimum absolute atomic E-state index is 0.0213. The van der Waals surface area contributed by atoms with Gasteiger partial charge in [-0.25, -0.2) is 0 Å². The van der Waals surface area contributed by atoms with Crippen LogP contribution in [0.2, 0.25) is 0 Å². The highest BCUT2D eigenvalue weighted by molar-refractivity contribution is 5.79. The maximum absolute atomic E-state index is 12.7. The van der Waals surface area contributed by atoms with E-state index in [-0.39, 0.29) is 18.0 Å². The Morgan fingerprint density at radius 2 is 2.19 bits per heavy atom. The maximum atomic E-state index is 12.7. The van der Waals surface area contributed by atoms with Crippen LogP contribution in [0.5, 0.6) is 0 Å². The molecule has 0 radical (unpaired) electrons. The molecule has 1 saturated heterocycles. The lowest BCUT2D eigenvalue weighted by atomic mass is 9.95. The van der Waals surface area contributed by atoms with Crippen molar-refractivity contribution >= 4 is 5.91 Å². The largest absolute Gasteiger partial charge is 0.361 e. The Hall–Kier alpha value is -1.36. The number of carbonyl (C=O) groups excluding carboxylic acids is 1. The maximum Gasteiger partial charge on any atom is 0.227 e. The molecule has 0 aliphatic carbocycles. The number of likely N-dealkylation sites (tertiary alicyclic amines) is 1. The van der Waals surface area contributed by atoms with E-state index >= 15 is 0 Å². The van der Waals surface area contributed by atoms with E-state index in [2.05, 4.69) is 5.16 Å². The van der Waals surface area contributed by atoms with Gasteiger partial charge in [0.15, 0.2) is 0 Å². The second-order valence-corrected chi connectivity index (χ2v) is 5.92. The van der Waals surface area contributed by atoms with Gasteiger partial charge in [0.1, 0.15) is 5.76 Å². The van der Waals surface area contributed by atoms with Gasteiger partial charge in [0.25, 0.3) is 0 Å². The fraction of sp³-hybridized carbons (Fsp3) is 0.750. The molecule has 1 aliphatic rings. The van der Waals surface area contributed by atoms with Gasteiger partial charge in [-0.2, -0.15) is 0 Å². The summed E-state index contributed by atoms with van der Waals surface area (Å²) in [6.45, 7) is 6.88. The summed E-state index contributed by atoms with van der Waals surface area (Å²) in [6.07, 6.45) is 5.19. The van der Waals surface area contributed by atoms with E-state index in [0.29, 0.717) is 6.42 Å². The van der Waals surface area contributed by atoms with Crippen molar-refractivity contribution in [3.63, 3.8) is 0 Å². The Morgan fingerprint density at radius 1 is 1.43 bits per heavy atom. The number of amides is 1. The molecule has 1 amide bonds. The van der Waals surface area contributed by atoms with Gasteiger partial charge in [0.05, 0.1) is 12.1 Å². The van der Waals surface area contributed by atoms with E-state index in [4.69, 9.17) is 10.3 Å².